The molecule has 0 fully saturated rings. The molecule has 2 rings (SSSR count). The average Bonchev–Trinajstić information content (AvgIpc) is 2.66. The Balaban J connectivity index is 2.76. The van der Waals surface area contributed by atoms with Crippen LogP contribution in [0.2, 0.25) is 0 Å². The first-order chi connectivity index (χ1) is 14.6. The van der Waals surface area contributed by atoms with Crippen LogP contribution >= 0.6 is 0 Å². The van der Waals surface area contributed by atoms with E-state index in [-0.39, 0.29) is 16.2 Å². The Labute approximate surface area is 185 Å². The number of carboxylic acids is 1. The number of sulfone groups is 1. The van der Waals surface area contributed by atoms with Crippen LogP contribution in [0, 0.1) is 13.8 Å². The minimum absolute atomic E-state index is 0.0683. The van der Waals surface area contributed by atoms with E-state index in [0.29, 0.717) is 24.5 Å². The van der Waals surface area contributed by atoms with Gasteiger partial charge in [-0.2, -0.15) is 0 Å². The Bertz CT molecular complexity index is 1000. The second kappa shape index (κ2) is 10.7. The van der Waals surface area contributed by atoms with Crippen LogP contribution in [0.1, 0.15) is 61.0 Å². The summed E-state index contributed by atoms with van der Waals surface area (Å²) < 4.78 is 31.5. The number of benzene rings is 2. The maximum Gasteiger partial charge on any atom is 0.335 e. The van der Waals surface area contributed by atoms with Gasteiger partial charge in [-0.1, -0.05) is 32.8 Å². The van der Waals surface area contributed by atoms with Gasteiger partial charge in [0.2, 0.25) is 0 Å². The second-order valence-corrected chi connectivity index (χ2v) is 10.0. The van der Waals surface area contributed by atoms with E-state index in [1.54, 1.807) is 0 Å². The third kappa shape index (κ3) is 6.72. The zero-order chi connectivity index (χ0) is 23.2. The summed E-state index contributed by atoms with van der Waals surface area (Å²) in [5.74, 6) is -0.461. The van der Waals surface area contributed by atoms with Crippen molar-refractivity contribution < 1.29 is 23.1 Å². The van der Waals surface area contributed by atoms with Crippen molar-refractivity contribution in [2.45, 2.75) is 58.3 Å². The highest BCUT2D eigenvalue weighted by Crippen LogP contribution is 2.40. The molecule has 2 aromatic carbocycles. The summed E-state index contributed by atoms with van der Waals surface area (Å²) in [5, 5.41) is 9.63. The lowest BCUT2D eigenvalue weighted by atomic mass is 10.1. The fourth-order valence-electron chi connectivity index (χ4n) is 3.48. The second-order valence-electron chi connectivity index (χ2n) is 8.02. The molecule has 0 aliphatic rings. The predicted octanol–water partition coefficient (Wildman–Crippen LogP) is 5.60. The van der Waals surface area contributed by atoms with E-state index in [9.17, 15) is 18.3 Å². The van der Waals surface area contributed by atoms with Crippen LogP contribution < -0.4 is 9.64 Å². The molecule has 7 heteroatoms. The number of anilines is 1. The number of aryl methyl sites for hydroxylation is 2. The van der Waals surface area contributed by atoms with Crippen molar-refractivity contribution in [3.05, 3.63) is 47.0 Å². The number of aromatic carboxylic acids is 1. The minimum atomic E-state index is -3.74. The van der Waals surface area contributed by atoms with E-state index in [2.05, 4.69) is 13.8 Å². The first-order valence-corrected chi connectivity index (χ1v) is 12.6. The molecule has 0 saturated carbocycles. The zero-order valence-corrected chi connectivity index (χ0v) is 19.9. The van der Waals surface area contributed by atoms with E-state index in [1.165, 1.54) is 12.1 Å². The number of unbranched alkanes of at least 4 members (excludes halogenated alkanes) is 2. The molecule has 31 heavy (non-hydrogen) atoms. The summed E-state index contributed by atoms with van der Waals surface area (Å²) in [6, 6.07) is 8.41. The van der Waals surface area contributed by atoms with Gasteiger partial charge >= 0.3 is 5.97 Å². The highest BCUT2D eigenvalue weighted by molar-refractivity contribution is 7.90. The van der Waals surface area contributed by atoms with Crippen LogP contribution in [0.5, 0.6) is 11.5 Å². The summed E-state index contributed by atoms with van der Waals surface area (Å²) >= 11 is 0. The maximum absolute atomic E-state index is 12.7. The first kappa shape index (κ1) is 24.7. The van der Waals surface area contributed by atoms with Crippen molar-refractivity contribution in [2.75, 3.05) is 24.2 Å². The molecule has 0 aromatic heterocycles. The van der Waals surface area contributed by atoms with Crippen molar-refractivity contribution in [2.24, 2.45) is 0 Å². The Morgan fingerprint density at radius 1 is 0.968 bits per heavy atom. The average molecular weight is 448 g/mol. The summed E-state index contributed by atoms with van der Waals surface area (Å²) in [4.78, 5) is 13.7. The predicted molar refractivity (Wildman–Crippen MR) is 125 cm³/mol. The first-order valence-electron chi connectivity index (χ1n) is 10.7. The quantitative estimate of drug-likeness (QED) is 0.482. The van der Waals surface area contributed by atoms with Gasteiger partial charge in [0, 0.05) is 19.3 Å². The molecule has 0 aliphatic heterocycles. The van der Waals surface area contributed by atoms with Crippen LogP contribution in [-0.2, 0) is 9.84 Å². The number of nitrogens with zero attached hydrogens (tertiary/aromatic N) is 1. The van der Waals surface area contributed by atoms with Gasteiger partial charge in [0.05, 0.1) is 11.3 Å². The largest absolute Gasteiger partial charge is 0.478 e. The highest BCUT2D eigenvalue weighted by atomic mass is 32.2. The summed E-state index contributed by atoms with van der Waals surface area (Å²) in [5.41, 5.74) is 2.42. The van der Waals surface area contributed by atoms with Gasteiger partial charge in [-0.15, -0.1) is 0 Å². The lowest BCUT2D eigenvalue weighted by Crippen LogP contribution is -2.27. The van der Waals surface area contributed by atoms with Crippen LogP contribution in [0.25, 0.3) is 0 Å². The van der Waals surface area contributed by atoms with E-state index >= 15 is 0 Å². The lowest BCUT2D eigenvalue weighted by Gasteiger charge is -2.28. The normalized spacial score (nSPS) is 11.4. The molecule has 1 N–H and O–H groups in total. The van der Waals surface area contributed by atoms with Crippen LogP contribution in [0.15, 0.2) is 35.2 Å². The Kier molecular flexibility index (Phi) is 8.51. The number of hydrogen-bond donors (Lipinski definition) is 1. The molecule has 0 aliphatic carbocycles. The molecule has 0 saturated heterocycles. The molecule has 6 nitrogen and oxygen atoms in total. The zero-order valence-electron chi connectivity index (χ0n) is 19.1. The van der Waals surface area contributed by atoms with E-state index in [1.807, 2.05) is 36.9 Å². The molecule has 0 unspecified atom stereocenters. The summed E-state index contributed by atoms with van der Waals surface area (Å²) in [7, 11) is -3.74. The van der Waals surface area contributed by atoms with Crippen LogP contribution in [-0.4, -0.2) is 38.8 Å². The standard InChI is InChI=1S/C24H33NO5S/c1-6-8-10-25(11-9-7-2)21-15-19(24(26)27)16-22(31(5,28)29)23(21)30-20-13-17(3)12-18(4)14-20/h12-16H,6-11H2,1-5H3,(H,26,27). The van der Waals surface area contributed by atoms with Gasteiger partial charge in [-0.3, -0.25) is 0 Å². The highest BCUT2D eigenvalue weighted by Gasteiger charge is 2.25. The van der Waals surface area contributed by atoms with Crippen molar-refractivity contribution in [1.29, 1.82) is 0 Å². The topological polar surface area (TPSA) is 83.9 Å². The smallest absolute Gasteiger partial charge is 0.335 e. The third-order valence-corrected chi connectivity index (χ3v) is 6.10. The van der Waals surface area contributed by atoms with Crippen molar-refractivity contribution in [3.63, 3.8) is 0 Å². The van der Waals surface area contributed by atoms with Gasteiger partial charge in [0.25, 0.3) is 0 Å². The van der Waals surface area contributed by atoms with Crippen molar-refractivity contribution >= 4 is 21.5 Å². The molecule has 0 amide bonds. The summed E-state index contributed by atoms with van der Waals surface area (Å²) in [6.45, 7) is 9.43. The van der Waals surface area contributed by atoms with Gasteiger partial charge in [0.15, 0.2) is 15.6 Å². The number of carbonyl (C=O) groups is 1. The SMILES string of the molecule is CCCCN(CCCC)c1cc(C(=O)O)cc(S(C)(=O)=O)c1Oc1cc(C)cc(C)c1. The number of carboxylic acid groups (broad SMARTS) is 1. The van der Waals surface area contributed by atoms with Crippen LogP contribution in [0.4, 0.5) is 5.69 Å². The molecule has 0 spiro atoms. The third-order valence-electron chi connectivity index (χ3n) is 5.00. The number of hydrogen-bond acceptors (Lipinski definition) is 5. The van der Waals surface area contributed by atoms with Crippen LogP contribution in [0.3, 0.4) is 0 Å². The molecule has 0 bridgehead atoms. The molecular formula is C24H33NO5S. The molecule has 0 radical (unpaired) electrons. The Hall–Kier alpha value is -2.54. The molecule has 170 valence electrons. The maximum atomic E-state index is 12.7. The van der Waals surface area contributed by atoms with E-state index < -0.39 is 15.8 Å². The number of ether oxygens (including phenoxy) is 1. The van der Waals surface area contributed by atoms with Crippen molar-refractivity contribution in [3.8, 4) is 11.5 Å². The molecular weight excluding hydrogens is 414 g/mol. The van der Waals surface area contributed by atoms with Gasteiger partial charge in [0.1, 0.15) is 10.6 Å². The van der Waals surface area contributed by atoms with Crippen molar-refractivity contribution in [1.82, 2.24) is 0 Å². The molecule has 0 heterocycles. The van der Waals surface area contributed by atoms with E-state index in [4.69, 9.17) is 4.74 Å². The fraction of sp³-hybridized carbons (Fsp3) is 0.458. The van der Waals surface area contributed by atoms with Gasteiger partial charge < -0.3 is 14.7 Å². The fourth-order valence-corrected chi connectivity index (χ4v) is 4.31. The molecule has 2 aromatic rings. The Morgan fingerprint density at radius 3 is 1.97 bits per heavy atom. The summed E-state index contributed by atoms with van der Waals surface area (Å²) in [6.07, 6.45) is 4.81. The van der Waals surface area contributed by atoms with Gasteiger partial charge in [-0.05, 0) is 62.1 Å². The lowest BCUT2D eigenvalue weighted by molar-refractivity contribution is 0.0696. The van der Waals surface area contributed by atoms with Gasteiger partial charge in [-0.25, -0.2) is 13.2 Å². The Morgan fingerprint density at radius 2 is 1.52 bits per heavy atom. The molecule has 0 atom stereocenters. The monoisotopic (exact) mass is 447 g/mol. The minimum Gasteiger partial charge on any atom is -0.478 e. The number of rotatable bonds is 11. The van der Waals surface area contributed by atoms with E-state index in [0.717, 1.165) is 43.1 Å².